The molecule has 2 saturated carbocycles. The fourth-order valence-electron chi connectivity index (χ4n) is 7.37. The molecule has 5 atom stereocenters. The lowest BCUT2D eigenvalue weighted by Gasteiger charge is -2.53. The van der Waals surface area contributed by atoms with Crippen LogP contribution in [0.2, 0.25) is 0 Å². The summed E-state index contributed by atoms with van der Waals surface area (Å²) in [6, 6.07) is 0. The minimum atomic E-state index is 0.345. The average Bonchev–Trinajstić information content (AvgIpc) is 2.96. The number of Topliss-reactive ketones (excluding diaryl/α,β-unsaturated/α-hetero) is 1. The maximum absolute atomic E-state index is 12.0. The minimum absolute atomic E-state index is 0.345. The first kappa shape index (κ1) is 19.5. The summed E-state index contributed by atoms with van der Waals surface area (Å²) in [5.74, 6) is 3.64. The van der Waals surface area contributed by atoms with Crippen LogP contribution in [0.15, 0.2) is 23.3 Å². The van der Waals surface area contributed by atoms with Crippen molar-refractivity contribution in [2.24, 2.45) is 34.5 Å². The van der Waals surface area contributed by atoms with Crippen molar-refractivity contribution in [3.8, 4) is 0 Å². The lowest BCUT2D eigenvalue weighted by atomic mass is 9.51. The van der Waals surface area contributed by atoms with Crippen LogP contribution < -0.4 is 0 Å². The number of rotatable bonds is 4. The van der Waals surface area contributed by atoms with Crippen molar-refractivity contribution in [2.45, 2.75) is 98.3 Å². The number of ketones is 1. The highest BCUT2D eigenvalue weighted by atomic mass is 16.1. The molecule has 150 valence electrons. The number of carbonyl (C=O) groups is 1. The van der Waals surface area contributed by atoms with Gasteiger partial charge in [-0.2, -0.15) is 0 Å². The molecule has 0 amide bonds. The van der Waals surface area contributed by atoms with E-state index in [1.165, 1.54) is 51.4 Å². The summed E-state index contributed by atoms with van der Waals surface area (Å²) in [4.78, 5) is 12.0. The second-order valence-electron chi connectivity index (χ2n) is 11.1. The Morgan fingerprint density at radius 1 is 1.04 bits per heavy atom. The van der Waals surface area contributed by atoms with Gasteiger partial charge in [0.25, 0.3) is 0 Å². The molecule has 27 heavy (non-hydrogen) atoms. The third-order valence-corrected chi connectivity index (χ3v) is 9.20. The van der Waals surface area contributed by atoms with E-state index in [9.17, 15) is 4.79 Å². The van der Waals surface area contributed by atoms with Crippen LogP contribution in [-0.4, -0.2) is 5.78 Å². The fraction of sp³-hybridized carbons (Fsp3) is 0.808. The highest BCUT2D eigenvalue weighted by Gasteiger charge is 2.54. The zero-order chi connectivity index (χ0) is 19.2. The van der Waals surface area contributed by atoms with Gasteiger partial charge in [-0.05, 0) is 92.3 Å². The van der Waals surface area contributed by atoms with Crippen LogP contribution in [-0.2, 0) is 4.79 Å². The van der Waals surface area contributed by atoms with Crippen molar-refractivity contribution in [1.82, 2.24) is 0 Å². The zero-order valence-corrected chi connectivity index (χ0v) is 18.2. The molecule has 2 fully saturated rings. The lowest BCUT2D eigenvalue weighted by Crippen LogP contribution is -2.44. The van der Waals surface area contributed by atoms with Crippen molar-refractivity contribution in [1.29, 1.82) is 0 Å². The Kier molecular flexibility index (Phi) is 5.19. The van der Waals surface area contributed by atoms with Crippen molar-refractivity contribution in [3.63, 3.8) is 0 Å². The molecule has 0 aromatic rings. The van der Waals surface area contributed by atoms with Crippen LogP contribution in [0.4, 0.5) is 0 Å². The van der Waals surface area contributed by atoms with E-state index in [0.29, 0.717) is 22.5 Å². The van der Waals surface area contributed by atoms with Crippen LogP contribution in [0.1, 0.15) is 98.3 Å². The molecule has 0 aromatic heterocycles. The second-order valence-corrected chi connectivity index (χ2v) is 11.1. The third kappa shape index (κ3) is 3.28. The normalized spacial score (nSPS) is 41.8. The maximum atomic E-state index is 12.0. The molecular weight excluding hydrogens is 328 g/mol. The molecule has 1 heteroatoms. The first-order chi connectivity index (χ1) is 12.8. The summed E-state index contributed by atoms with van der Waals surface area (Å²) in [6.07, 6.45) is 18.3. The molecule has 0 aliphatic heterocycles. The molecule has 4 rings (SSSR count). The minimum Gasteiger partial charge on any atom is -0.300 e. The van der Waals surface area contributed by atoms with E-state index in [2.05, 4.69) is 39.8 Å². The molecule has 0 spiro atoms. The van der Waals surface area contributed by atoms with Crippen molar-refractivity contribution in [3.05, 3.63) is 23.3 Å². The SMILES string of the molecule is CC(C)C/C=C/CC1CCC2C3=C(CCC12C)C1(C)CCC(=O)CC1CC3. The summed E-state index contributed by atoms with van der Waals surface area (Å²) in [5, 5.41) is 0. The highest BCUT2D eigenvalue weighted by molar-refractivity contribution is 5.80. The summed E-state index contributed by atoms with van der Waals surface area (Å²) in [7, 11) is 0. The van der Waals surface area contributed by atoms with Crippen LogP contribution >= 0.6 is 0 Å². The van der Waals surface area contributed by atoms with E-state index < -0.39 is 0 Å². The Balaban J connectivity index is 1.54. The first-order valence-corrected chi connectivity index (χ1v) is 11.7. The van der Waals surface area contributed by atoms with E-state index in [-0.39, 0.29) is 0 Å². The molecule has 0 radical (unpaired) electrons. The van der Waals surface area contributed by atoms with Gasteiger partial charge in [-0.15, -0.1) is 0 Å². The van der Waals surface area contributed by atoms with E-state index in [4.69, 9.17) is 0 Å². The van der Waals surface area contributed by atoms with Gasteiger partial charge in [-0.3, -0.25) is 4.79 Å². The fourth-order valence-corrected chi connectivity index (χ4v) is 7.37. The van der Waals surface area contributed by atoms with Gasteiger partial charge in [0.05, 0.1) is 0 Å². The number of fused-ring (bicyclic) bond motifs is 4. The average molecular weight is 369 g/mol. The molecule has 0 aromatic carbocycles. The first-order valence-electron chi connectivity index (χ1n) is 11.7. The molecule has 0 bridgehead atoms. The van der Waals surface area contributed by atoms with Gasteiger partial charge in [-0.25, -0.2) is 0 Å². The quantitative estimate of drug-likeness (QED) is 0.477. The third-order valence-electron chi connectivity index (χ3n) is 9.20. The van der Waals surface area contributed by atoms with Crippen molar-refractivity contribution >= 4 is 5.78 Å². The van der Waals surface area contributed by atoms with Gasteiger partial charge in [0.1, 0.15) is 5.78 Å². The maximum Gasteiger partial charge on any atom is 0.133 e. The van der Waals surface area contributed by atoms with Crippen LogP contribution in [0.5, 0.6) is 0 Å². The summed E-state index contributed by atoms with van der Waals surface area (Å²) in [6.45, 7) is 9.75. The summed E-state index contributed by atoms with van der Waals surface area (Å²) < 4.78 is 0. The number of hydrogen-bond acceptors (Lipinski definition) is 1. The van der Waals surface area contributed by atoms with Crippen LogP contribution in [0.25, 0.3) is 0 Å². The Hall–Kier alpha value is -0.850. The summed E-state index contributed by atoms with van der Waals surface area (Å²) >= 11 is 0. The summed E-state index contributed by atoms with van der Waals surface area (Å²) in [5.41, 5.74) is 4.56. The van der Waals surface area contributed by atoms with Crippen molar-refractivity contribution in [2.75, 3.05) is 0 Å². The largest absolute Gasteiger partial charge is 0.300 e. The van der Waals surface area contributed by atoms with Crippen molar-refractivity contribution < 1.29 is 4.79 Å². The van der Waals surface area contributed by atoms with E-state index in [1.807, 2.05) is 11.1 Å². The Bertz CT molecular complexity index is 653. The molecule has 0 N–H and O–H groups in total. The van der Waals surface area contributed by atoms with Gasteiger partial charge in [0.2, 0.25) is 0 Å². The van der Waals surface area contributed by atoms with Crippen LogP contribution in [0.3, 0.4) is 0 Å². The van der Waals surface area contributed by atoms with Gasteiger partial charge in [0.15, 0.2) is 0 Å². The van der Waals surface area contributed by atoms with Gasteiger partial charge in [-0.1, -0.05) is 51.0 Å². The monoisotopic (exact) mass is 368 g/mol. The van der Waals surface area contributed by atoms with Crippen LogP contribution in [0, 0.1) is 34.5 Å². The highest BCUT2D eigenvalue weighted by Crippen LogP contribution is 2.65. The molecule has 1 nitrogen and oxygen atoms in total. The Morgan fingerprint density at radius 2 is 1.85 bits per heavy atom. The molecule has 5 unspecified atom stereocenters. The van der Waals surface area contributed by atoms with Gasteiger partial charge < -0.3 is 0 Å². The predicted molar refractivity (Wildman–Crippen MR) is 113 cm³/mol. The Morgan fingerprint density at radius 3 is 2.63 bits per heavy atom. The topological polar surface area (TPSA) is 17.1 Å². The second kappa shape index (κ2) is 7.20. The molecule has 4 aliphatic carbocycles. The molecule has 0 heterocycles. The zero-order valence-electron chi connectivity index (χ0n) is 18.2. The number of hydrogen-bond donors (Lipinski definition) is 0. The smallest absolute Gasteiger partial charge is 0.133 e. The van der Waals surface area contributed by atoms with E-state index in [1.54, 1.807) is 0 Å². The molecule has 4 aliphatic rings. The standard InChI is InChI=1S/C26H40O/c1-18(2)7-5-6-8-19-10-12-23-22-11-9-20-17-21(27)13-15-26(20,4)24(22)14-16-25(19,23)3/h5-6,18-20,23H,7-17H2,1-4H3/b6-5+. The Labute approximate surface area is 167 Å². The van der Waals surface area contributed by atoms with E-state index >= 15 is 0 Å². The lowest BCUT2D eigenvalue weighted by molar-refractivity contribution is -0.124. The molecular formula is C26H40O. The van der Waals surface area contributed by atoms with Gasteiger partial charge in [0, 0.05) is 12.8 Å². The molecule has 0 saturated heterocycles. The van der Waals surface area contributed by atoms with Gasteiger partial charge >= 0.3 is 0 Å². The predicted octanol–water partition coefficient (Wildman–Crippen LogP) is 7.27. The number of allylic oxidation sites excluding steroid dienone is 4. The van der Waals surface area contributed by atoms with E-state index in [0.717, 1.165) is 37.0 Å². The number of carbonyl (C=O) groups excluding carboxylic acids is 1.